The number of benzene rings is 1. The summed E-state index contributed by atoms with van der Waals surface area (Å²) in [5.74, 6) is -0.456. The molecule has 2 N–H and O–H groups in total. The van der Waals surface area contributed by atoms with Crippen LogP contribution in [0.1, 0.15) is 28.8 Å². The number of nitrogens with zero attached hydrogens (tertiary/aromatic N) is 2. The quantitative estimate of drug-likeness (QED) is 0.682. The fourth-order valence-electron chi connectivity index (χ4n) is 2.67. The number of hydrogen-bond acceptors (Lipinski definition) is 4. The van der Waals surface area contributed by atoms with E-state index >= 15 is 0 Å². The van der Waals surface area contributed by atoms with Crippen LogP contribution in [0.2, 0.25) is 0 Å². The Morgan fingerprint density at radius 2 is 1.92 bits per heavy atom. The van der Waals surface area contributed by atoms with E-state index in [1.807, 2.05) is 47.8 Å². The first-order valence-electron chi connectivity index (χ1n) is 8.46. The molecule has 0 radical (unpaired) electrons. The van der Waals surface area contributed by atoms with E-state index in [1.54, 1.807) is 10.9 Å². The predicted octanol–water partition coefficient (Wildman–Crippen LogP) is 2.83. The first-order valence-corrected chi connectivity index (χ1v) is 9.34. The minimum Gasteiger partial charge on any atom is -0.273 e. The minimum atomic E-state index is -0.360. The van der Waals surface area contributed by atoms with E-state index in [0.717, 1.165) is 23.3 Å². The number of hydrogen-bond donors (Lipinski definition) is 2. The standard InChI is InChI=1S/C19H18N4O2S/c24-18(14-8-9-14)20-21-19(25)15-12-23(11-13-5-2-1-3-6-13)22-17(15)16-7-4-10-26-16/h1-7,10,12,14H,8-9,11H2,(H,20,24)(H,21,25). The van der Waals surface area contributed by atoms with E-state index in [4.69, 9.17) is 0 Å². The first-order chi connectivity index (χ1) is 12.7. The molecule has 2 amide bonds. The van der Waals surface area contributed by atoms with Gasteiger partial charge in [-0.25, -0.2) is 0 Å². The summed E-state index contributed by atoms with van der Waals surface area (Å²) in [6.45, 7) is 0.570. The number of aromatic nitrogens is 2. The van der Waals surface area contributed by atoms with Gasteiger partial charge >= 0.3 is 0 Å². The second-order valence-electron chi connectivity index (χ2n) is 6.27. The Hall–Kier alpha value is -2.93. The molecule has 2 heterocycles. The molecular weight excluding hydrogens is 348 g/mol. The molecule has 2 aromatic heterocycles. The molecule has 3 aromatic rings. The Balaban J connectivity index is 1.57. The number of nitrogens with one attached hydrogen (secondary N) is 2. The number of thiophene rings is 1. The van der Waals surface area contributed by atoms with Crippen LogP contribution in [-0.4, -0.2) is 21.6 Å². The average Bonchev–Trinajstić information content (AvgIpc) is 3.20. The maximum atomic E-state index is 12.6. The largest absolute Gasteiger partial charge is 0.273 e. The van der Waals surface area contributed by atoms with Crippen molar-refractivity contribution in [1.29, 1.82) is 0 Å². The molecule has 132 valence electrons. The van der Waals surface area contributed by atoms with Crippen molar-refractivity contribution in [2.24, 2.45) is 5.92 Å². The lowest BCUT2D eigenvalue weighted by molar-refractivity contribution is -0.123. The lowest BCUT2D eigenvalue weighted by atomic mass is 10.2. The molecule has 1 aromatic carbocycles. The van der Waals surface area contributed by atoms with Gasteiger partial charge in [-0.1, -0.05) is 36.4 Å². The van der Waals surface area contributed by atoms with Gasteiger partial charge in [-0.05, 0) is 29.9 Å². The maximum absolute atomic E-state index is 12.6. The zero-order valence-corrected chi connectivity index (χ0v) is 14.8. The lowest BCUT2D eigenvalue weighted by Gasteiger charge is -2.06. The Bertz CT molecular complexity index is 914. The van der Waals surface area contributed by atoms with Crippen molar-refractivity contribution in [3.05, 3.63) is 65.2 Å². The molecule has 4 rings (SSSR count). The molecule has 0 spiro atoms. The smallest absolute Gasteiger partial charge is 0.273 e. The van der Waals surface area contributed by atoms with Crippen LogP contribution in [0.25, 0.3) is 10.6 Å². The molecule has 0 unspecified atom stereocenters. The summed E-state index contributed by atoms with van der Waals surface area (Å²) in [6, 6.07) is 13.8. The van der Waals surface area contributed by atoms with Crippen molar-refractivity contribution in [1.82, 2.24) is 20.6 Å². The molecule has 1 aliphatic rings. The van der Waals surface area contributed by atoms with E-state index in [1.165, 1.54) is 11.3 Å². The monoisotopic (exact) mass is 366 g/mol. The van der Waals surface area contributed by atoms with Gasteiger partial charge in [0.15, 0.2) is 0 Å². The van der Waals surface area contributed by atoms with Gasteiger partial charge in [-0.15, -0.1) is 11.3 Å². The summed E-state index contributed by atoms with van der Waals surface area (Å²) >= 11 is 1.52. The van der Waals surface area contributed by atoms with Gasteiger partial charge in [0.05, 0.1) is 17.0 Å². The Morgan fingerprint density at radius 3 is 2.62 bits per heavy atom. The van der Waals surface area contributed by atoms with Gasteiger partial charge < -0.3 is 0 Å². The molecule has 0 atom stereocenters. The normalized spacial score (nSPS) is 13.4. The average molecular weight is 366 g/mol. The van der Waals surface area contributed by atoms with Crippen LogP contribution in [0.15, 0.2) is 54.0 Å². The molecule has 6 nitrogen and oxygen atoms in total. The highest BCUT2D eigenvalue weighted by Gasteiger charge is 2.30. The Morgan fingerprint density at radius 1 is 1.12 bits per heavy atom. The third kappa shape index (κ3) is 3.67. The van der Waals surface area contributed by atoms with Crippen molar-refractivity contribution in [2.45, 2.75) is 19.4 Å². The van der Waals surface area contributed by atoms with E-state index in [9.17, 15) is 9.59 Å². The topological polar surface area (TPSA) is 76.0 Å². The van der Waals surface area contributed by atoms with Crippen molar-refractivity contribution >= 4 is 23.2 Å². The maximum Gasteiger partial charge on any atom is 0.273 e. The molecule has 1 aliphatic carbocycles. The molecular formula is C19H18N4O2S. The van der Waals surface area contributed by atoms with Crippen molar-refractivity contribution in [3.63, 3.8) is 0 Å². The number of amides is 2. The highest BCUT2D eigenvalue weighted by molar-refractivity contribution is 7.13. The molecule has 1 fully saturated rings. The predicted molar refractivity (Wildman–Crippen MR) is 99.4 cm³/mol. The van der Waals surface area contributed by atoms with Gasteiger partial charge in [0, 0.05) is 12.1 Å². The third-order valence-electron chi connectivity index (χ3n) is 4.20. The zero-order chi connectivity index (χ0) is 17.9. The zero-order valence-electron chi connectivity index (χ0n) is 14.0. The summed E-state index contributed by atoms with van der Waals surface area (Å²) in [6.07, 6.45) is 3.50. The van der Waals surface area contributed by atoms with Gasteiger partial charge in [0.1, 0.15) is 5.69 Å². The van der Waals surface area contributed by atoms with Gasteiger partial charge in [0.2, 0.25) is 5.91 Å². The van der Waals surface area contributed by atoms with Crippen LogP contribution in [0.4, 0.5) is 0 Å². The summed E-state index contributed by atoms with van der Waals surface area (Å²) in [7, 11) is 0. The highest BCUT2D eigenvalue weighted by atomic mass is 32.1. The van der Waals surface area contributed by atoms with E-state index in [0.29, 0.717) is 17.8 Å². The molecule has 1 saturated carbocycles. The second-order valence-corrected chi connectivity index (χ2v) is 7.22. The molecule has 0 saturated heterocycles. The van der Waals surface area contributed by atoms with Gasteiger partial charge in [-0.3, -0.25) is 25.1 Å². The number of hydrazine groups is 1. The molecule has 7 heteroatoms. The third-order valence-corrected chi connectivity index (χ3v) is 5.07. The van der Waals surface area contributed by atoms with Crippen LogP contribution in [0.3, 0.4) is 0 Å². The van der Waals surface area contributed by atoms with E-state index in [2.05, 4.69) is 16.0 Å². The fraction of sp³-hybridized carbons (Fsp3) is 0.211. The van der Waals surface area contributed by atoms with Crippen LogP contribution < -0.4 is 10.9 Å². The minimum absolute atomic E-state index is 0.0351. The second kappa shape index (κ2) is 7.13. The number of carbonyl (C=O) groups excluding carboxylic acids is 2. The van der Waals surface area contributed by atoms with Crippen LogP contribution in [-0.2, 0) is 11.3 Å². The summed E-state index contributed by atoms with van der Waals surface area (Å²) < 4.78 is 1.75. The summed E-state index contributed by atoms with van der Waals surface area (Å²) in [5.41, 5.74) is 7.18. The van der Waals surface area contributed by atoms with Crippen molar-refractivity contribution < 1.29 is 9.59 Å². The fourth-order valence-corrected chi connectivity index (χ4v) is 3.39. The highest BCUT2D eigenvalue weighted by Crippen LogP contribution is 2.29. The van der Waals surface area contributed by atoms with Gasteiger partial charge in [0.25, 0.3) is 5.91 Å². The summed E-state index contributed by atoms with van der Waals surface area (Å²) in [5, 5.41) is 6.54. The molecule has 0 bridgehead atoms. The Labute approximate surface area is 154 Å². The van der Waals surface area contributed by atoms with Crippen LogP contribution in [0, 0.1) is 5.92 Å². The lowest BCUT2D eigenvalue weighted by Crippen LogP contribution is -2.42. The summed E-state index contributed by atoms with van der Waals surface area (Å²) in [4.78, 5) is 25.3. The molecule has 0 aliphatic heterocycles. The van der Waals surface area contributed by atoms with E-state index < -0.39 is 0 Å². The van der Waals surface area contributed by atoms with Crippen LogP contribution in [0.5, 0.6) is 0 Å². The Kier molecular flexibility index (Phi) is 4.53. The van der Waals surface area contributed by atoms with Crippen molar-refractivity contribution in [3.8, 4) is 10.6 Å². The van der Waals surface area contributed by atoms with Crippen LogP contribution >= 0.6 is 11.3 Å². The molecule has 26 heavy (non-hydrogen) atoms. The first kappa shape index (κ1) is 16.5. The SMILES string of the molecule is O=C(NNC(=O)C1CC1)c1cn(Cc2ccccc2)nc1-c1cccs1. The van der Waals surface area contributed by atoms with Gasteiger partial charge in [-0.2, -0.15) is 5.10 Å². The number of carbonyl (C=O) groups is 2. The van der Waals surface area contributed by atoms with Crippen molar-refractivity contribution in [2.75, 3.05) is 0 Å². The van der Waals surface area contributed by atoms with E-state index in [-0.39, 0.29) is 17.7 Å². The number of rotatable bonds is 5.